The molecule has 0 atom stereocenters. The van der Waals surface area contributed by atoms with E-state index in [1.165, 1.54) is 29.3 Å². The topological polar surface area (TPSA) is 90.3 Å². The summed E-state index contributed by atoms with van der Waals surface area (Å²) in [6.07, 6.45) is 8.22. The Morgan fingerprint density at radius 1 is 1.23 bits per heavy atom. The van der Waals surface area contributed by atoms with Gasteiger partial charge in [-0.15, -0.1) is 11.3 Å². The first-order valence-corrected chi connectivity index (χ1v) is 12.9. The number of thioether (sulfide) groups is 1. The lowest BCUT2D eigenvalue weighted by molar-refractivity contribution is -0.140. The van der Waals surface area contributed by atoms with E-state index in [4.69, 9.17) is 4.98 Å². The minimum atomic E-state index is -0.281. The number of nitrogens with zero attached hydrogens (tertiary/aromatic N) is 2. The van der Waals surface area contributed by atoms with E-state index in [1.54, 1.807) is 15.9 Å². The standard InChI is InChI=1S/C22H31N3O4S2/c1-3-4-5-6-13-25-21(28)19-15-9-7-10-16(15)31-20(19)24-22(25)30-14-17(26)23-12-8-11-18(27)29-2/h3-14H2,1-2H3,(H,23,26). The number of carbonyl (C=O) groups excluding carboxylic acids is 2. The van der Waals surface area contributed by atoms with Crippen LogP contribution in [0, 0.1) is 0 Å². The van der Waals surface area contributed by atoms with Crippen LogP contribution in [0.3, 0.4) is 0 Å². The second kappa shape index (κ2) is 11.7. The van der Waals surface area contributed by atoms with Crippen LogP contribution in [0.15, 0.2) is 9.95 Å². The molecule has 0 aromatic carbocycles. The van der Waals surface area contributed by atoms with E-state index in [-0.39, 0.29) is 29.6 Å². The second-order valence-corrected chi connectivity index (χ2v) is 9.79. The minimum Gasteiger partial charge on any atom is -0.469 e. The van der Waals surface area contributed by atoms with Crippen molar-refractivity contribution in [3.63, 3.8) is 0 Å². The average molecular weight is 466 g/mol. The summed E-state index contributed by atoms with van der Waals surface area (Å²) in [6, 6.07) is 0. The SMILES string of the molecule is CCCCCCn1c(SCC(=O)NCCCC(=O)OC)nc2sc3c(c2c1=O)CCC3. The first kappa shape index (κ1) is 23.8. The van der Waals surface area contributed by atoms with Crippen molar-refractivity contribution in [2.45, 2.75) is 76.4 Å². The molecule has 0 saturated heterocycles. The monoisotopic (exact) mass is 465 g/mol. The molecule has 0 bridgehead atoms. The number of hydrogen-bond acceptors (Lipinski definition) is 7. The number of nitrogens with one attached hydrogen (secondary N) is 1. The van der Waals surface area contributed by atoms with E-state index in [2.05, 4.69) is 17.0 Å². The van der Waals surface area contributed by atoms with Crippen molar-refractivity contribution in [3.05, 3.63) is 20.8 Å². The molecular formula is C22H31N3O4S2. The highest BCUT2D eigenvalue weighted by Crippen LogP contribution is 2.35. The highest BCUT2D eigenvalue weighted by molar-refractivity contribution is 7.99. The van der Waals surface area contributed by atoms with Crippen molar-refractivity contribution < 1.29 is 14.3 Å². The molecule has 31 heavy (non-hydrogen) atoms. The molecule has 0 saturated carbocycles. The van der Waals surface area contributed by atoms with E-state index in [0.717, 1.165) is 55.2 Å². The Balaban J connectivity index is 1.70. The number of ether oxygens (including phenoxy) is 1. The zero-order valence-electron chi connectivity index (χ0n) is 18.3. The Morgan fingerprint density at radius 3 is 2.84 bits per heavy atom. The van der Waals surface area contributed by atoms with Gasteiger partial charge in [-0.2, -0.15) is 0 Å². The number of aromatic nitrogens is 2. The molecule has 2 aromatic rings. The summed E-state index contributed by atoms with van der Waals surface area (Å²) in [5, 5.41) is 4.23. The van der Waals surface area contributed by atoms with Crippen LogP contribution in [0.25, 0.3) is 10.2 Å². The zero-order valence-corrected chi connectivity index (χ0v) is 20.0. The predicted molar refractivity (Wildman–Crippen MR) is 125 cm³/mol. The maximum Gasteiger partial charge on any atom is 0.305 e. The van der Waals surface area contributed by atoms with Crippen molar-refractivity contribution in [2.75, 3.05) is 19.4 Å². The van der Waals surface area contributed by atoms with Crippen molar-refractivity contribution in [1.82, 2.24) is 14.9 Å². The summed E-state index contributed by atoms with van der Waals surface area (Å²) in [4.78, 5) is 43.6. The number of unbranched alkanes of at least 4 members (excludes halogenated alkanes) is 3. The fourth-order valence-electron chi connectivity index (χ4n) is 3.81. The van der Waals surface area contributed by atoms with Gasteiger partial charge in [0.25, 0.3) is 5.56 Å². The van der Waals surface area contributed by atoms with Crippen LogP contribution >= 0.6 is 23.1 Å². The molecule has 1 amide bonds. The summed E-state index contributed by atoms with van der Waals surface area (Å²) >= 11 is 2.94. The largest absolute Gasteiger partial charge is 0.469 e. The molecule has 0 fully saturated rings. The smallest absolute Gasteiger partial charge is 0.305 e. The number of fused-ring (bicyclic) bond motifs is 3. The van der Waals surface area contributed by atoms with Gasteiger partial charge < -0.3 is 10.1 Å². The Labute approximate surface area is 191 Å². The maximum absolute atomic E-state index is 13.4. The molecule has 1 aliphatic rings. The molecule has 0 spiro atoms. The number of rotatable bonds is 12. The lowest BCUT2D eigenvalue weighted by atomic mass is 10.2. The maximum atomic E-state index is 13.4. The minimum absolute atomic E-state index is 0.0434. The third-order valence-electron chi connectivity index (χ3n) is 5.46. The van der Waals surface area contributed by atoms with Crippen LogP contribution in [-0.2, 0) is 33.7 Å². The van der Waals surface area contributed by atoms with E-state index in [0.29, 0.717) is 24.7 Å². The van der Waals surface area contributed by atoms with Gasteiger partial charge in [-0.25, -0.2) is 4.98 Å². The van der Waals surface area contributed by atoms with Gasteiger partial charge in [0.05, 0.1) is 18.2 Å². The van der Waals surface area contributed by atoms with Crippen molar-refractivity contribution in [3.8, 4) is 0 Å². The predicted octanol–water partition coefficient (Wildman–Crippen LogP) is 3.69. The lowest BCUT2D eigenvalue weighted by Crippen LogP contribution is -2.28. The van der Waals surface area contributed by atoms with Gasteiger partial charge >= 0.3 is 5.97 Å². The molecule has 2 aromatic heterocycles. The number of methoxy groups -OCH3 is 1. The van der Waals surface area contributed by atoms with Crippen molar-refractivity contribution in [1.29, 1.82) is 0 Å². The van der Waals surface area contributed by atoms with Crippen LogP contribution < -0.4 is 10.9 Å². The third-order valence-corrected chi connectivity index (χ3v) is 7.63. The highest BCUT2D eigenvalue weighted by atomic mass is 32.2. The molecule has 0 unspecified atom stereocenters. The third kappa shape index (κ3) is 6.10. The summed E-state index contributed by atoms with van der Waals surface area (Å²) in [6.45, 7) is 3.22. The Hall–Kier alpha value is -1.87. The number of esters is 1. The van der Waals surface area contributed by atoms with Gasteiger partial charge in [-0.3, -0.25) is 19.0 Å². The number of thiophene rings is 1. The molecule has 170 valence electrons. The van der Waals surface area contributed by atoms with E-state index in [1.807, 2.05) is 0 Å². The Bertz CT molecular complexity index is 983. The van der Waals surface area contributed by atoms with Gasteiger partial charge in [0.15, 0.2) is 5.16 Å². The van der Waals surface area contributed by atoms with Crippen molar-refractivity contribution >= 4 is 45.2 Å². The average Bonchev–Trinajstić information content (AvgIpc) is 3.34. The van der Waals surface area contributed by atoms with Gasteiger partial charge in [0, 0.05) is 24.4 Å². The Morgan fingerprint density at radius 2 is 2.06 bits per heavy atom. The van der Waals surface area contributed by atoms with E-state index < -0.39 is 0 Å². The summed E-state index contributed by atoms with van der Waals surface area (Å²) in [5.74, 6) is -0.220. The highest BCUT2D eigenvalue weighted by Gasteiger charge is 2.23. The molecule has 1 N–H and O–H groups in total. The first-order chi connectivity index (χ1) is 15.0. The second-order valence-electron chi connectivity index (χ2n) is 7.77. The molecule has 3 rings (SSSR count). The summed E-state index contributed by atoms with van der Waals surface area (Å²) < 4.78 is 6.37. The molecule has 0 radical (unpaired) electrons. The number of hydrogen-bond donors (Lipinski definition) is 1. The van der Waals surface area contributed by atoms with Crippen LogP contribution in [0.1, 0.15) is 62.3 Å². The summed E-state index contributed by atoms with van der Waals surface area (Å²) in [5.41, 5.74) is 1.24. The van der Waals surface area contributed by atoms with Crippen LogP contribution in [0.2, 0.25) is 0 Å². The van der Waals surface area contributed by atoms with Gasteiger partial charge in [0.2, 0.25) is 5.91 Å². The first-order valence-electron chi connectivity index (χ1n) is 11.1. The van der Waals surface area contributed by atoms with Crippen LogP contribution in [-0.4, -0.2) is 40.8 Å². The number of carbonyl (C=O) groups is 2. The Kier molecular flexibility index (Phi) is 8.95. The quantitative estimate of drug-likeness (QED) is 0.223. The summed E-state index contributed by atoms with van der Waals surface area (Å²) in [7, 11) is 1.35. The van der Waals surface area contributed by atoms with Gasteiger partial charge in [-0.1, -0.05) is 37.9 Å². The lowest BCUT2D eigenvalue weighted by Gasteiger charge is -2.12. The molecule has 1 aliphatic carbocycles. The van der Waals surface area contributed by atoms with E-state index >= 15 is 0 Å². The fraction of sp³-hybridized carbons (Fsp3) is 0.636. The van der Waals surface area contributed by atoms with Gasteiger partial charge in [-0.05, 0) is 37.7 Å². The molecule has 2 heterocycles. The number of aryl methyl sites for hydroxylation is 2. The molecular weight excluding hydrogens is 434 g/mol. The normalized spacial score (nSPS) is 12.8. The van der Waals surface area contributed by atoms with Crippen LogP contribution in [0.4, 0.5) is 0 Å². The zero-order chi connectivity index (χ0) is 22.2. The molecule has 0 aliphatic heterocycles. The van der Waals surface area contributed by atoms with Crippen molar-refractivity contribution in [2.24, 2.45) is 0 Å². The molecule has 7 nitrogen and oxygen atoms in total. The fourth-order valence-corrected chi connectivity index (χ4v) is 5.96. The number of amides is 1. The molecule has 9 heteroatoms. The van der Waals surface area contributed by atoms with Crippen LogP contribution in [0.5, 0.6) is 0 Å². The van der Waals surface area contributed by atoms with Gasteiger partial charge in [0.1, 0.15) is 4.83 Å². The van der Waals surface area contributed by atoms with E-state index in [9.17, 15) is 14.4 Å².